The van der Waals surface area contributed by atoms with E-state index in [2.05, 4.69) is 0 Å². The van der Waals surface area contributed by atoms with Crippen LogP contribution in [0, 0.1) is 0 Å². The maximum atomic E-state index is 13.0. The van der Waals surface area contributed by atoms with Gasteiger partial charge in [0.1, 0.15) is 12.4 Å². The lowest BCUT2D eigenvalue weighted by Gasteiger charge is -2.33. The quantitative estimate of drug-likeness (QED) is 0.504. The van der Waals surface area contributed by atoms with Crippen molar-refractivity contribution in [2.75, 3.05) is 13.2 Å². The monoisotopic (exact) mass is 449 g/mol. The van der Waals surface area contributed by atoms with Crippen molar-refractivity contribution in [1.29, 1.82) is 0 Å². The van der Waals surface area contributed by atoms with Gasteiger partial charge in [-0.15, -0.1) is 0 Å². The van der Waals surface area contributed by atoms with Crippen molar-refractivity contribution in [1.82, 2.24) is 4.90 Å². The van der Waals surface area contributed by atoms with Gasteiger partial charge in [-0.2, -0.15) is 0 Å². The molecule has 0 fully saturated rings. The largest absolute Gasteiger partial charge is 0.489 e. The SMILES string of the molecule is CCOC(=O)C1=CN(C(C)C)C=C(C(=O)OCC)C1c1ccccc1OCc1ccccc1. The third-order valence-corrected chi connectivity index (χ3v) is 5.28. The molecule has 0 unspecified atom stereocenters. The number of hydrogen-bond acceptors (Lipinski definition) is 6. The standard InChI is InChI=1S/C27H31NO5/c1-5-31-26(29)22-16-28(19(3)4)17-23(27(30)32-6-2)25(22)21-14-10-11-15-24(21)33-18-20-12-8-7-9-13-20/h7-17,19,25H,5-6,18H2,1-4H3. The van der Waals surface area contributed by atoms with Crippen LogP contribution in [0.25, 0.3) is 0 Å². The highest BCUT2D eigenvalue weighted by Crippen LogP contribution is 2.41. The van der Waals surface area contributed by atoms with Crippen LogP contribution in [0.1, 0.15) is 44.7 Å². The normalized spacial score (nSPS) is 13.9. The molecule has 1 heterocycles. The van der Waals surface area contributed by atoms with E-state index < -0.39 is 17.9 Å². The molecule has 0 aromatic heterocycles. The first kappa shape index (κ1) is 24.1. The number of nitrogens with zero attached hydrogens (tertiary/aromatic N) is 1. The van der Waals surface area contributed by atoms with Crippen molar-refractivity contribution in [3.05, 3.63) is 89.3 Å². The van der Waals surface area contributed by atoms with Crippen LogP contribution in [0.5, 0.6) is 5.75 Å². The van der Waals surface area contributed by atoms with Crippen LogP contribution in [0.3, 0.4) is 0 Å². The lowest BCUT2D eigenvalue weighted by molar-refractivity contribution is -0.139. The first-order valence-corrected chi connectivity index (χ1v) is 11.3. The Balaban J connectivity index is 2.07. The number of benzene rings is 2. The summed E-state index contributed by atoms with van der Waals surface area (Å²) < 4.78 is 16.9. The Morgan fingerprint density at radius 1 is 0.848 bits per heavy atom. The molecule has 0 spiro atoms. The average Bonchev–Trinajstić information content (AvgIpc) is 2.83. The summed E-state index contributed by atoms with van der Waals surface area (Å²) in [5, 5.41) is 0. The number of carbonyl (C=O) groups is 2. The van der Waals surface area contributed by atoms with E-state index in [9.17, 15) is 9.59 Å². The minimum absolute atomic E-state index is 0.0318. The van der Waals surface area contributed by atoms with Crippen LogP contribution < -0.4 is 4.74 Å². The zero-order valence-electron chi connectivity index (χ0n) is 19.6. The Morgan fingerprint density at radius 2 is 1.39 bits per heavy atom. The maximum absolute atomic E-state index is 13.0. The van der Waals surface area contributed by atoms with Crippen LogP contribution in [-0.2, 0) is 25.7 Å². The van der Waals surface area contributed by atoms with E-state index in [-0.39, 0.29) is 19.3 Å². The zero-order valence-corrected chi connectivity index (χ0v) is 19.6. The van der Waals surface area contributed by atoms with Gasteiger partial charge in [0.2, 0.25) is 0 Å². The summed E-state index contributed by atoms with van der Waals surface area (Å²) in [5.41, 5.74) is 2.46. The molecule has 0 amide bonds. The smallest absolute Gasteiger partial charge is 0.336 e. The van der Waals surface area contributed by atoms with Gasteiger partial charge >= 0.3 is 11.9 Å². The second-order valence-corrected chi connectivity index (χ2v) is 7.90. The summed E-state index contributed by atoms with van der Waals surface area (Å²) in [6.07, 6.45) is 3.51. The number of para-hydroxylation sites is 1. The molecule has 0 aliphatic carbocycles. The van der Waals surface area contributed by atoms with Gasteiger partial charge in [0.25, 0.3) is 0 Å². The number of rotatable bonds is 9. The van der Waals surface area contributed by atoms with E-state index >= 15 is 0 Å². The van der Waals surface area contributed by atoms with Crippen LogP contribution in [0.2, 0.25) is 0 Å². The Kier molecular flexibility index (Phi) is 8.30. The minimum Gasteiger partial charge on any atom is -0.489 e. The molecule has 33 heavy (non-hydrogen) atoms. The Morgan fingerprint density at radius 3 is 1.94 bits per heavy atom. The Labute approximate surface area is 195 Å². The molecule has 0 radical (unpaired) electrons. The molecule has 2 aromatic rings. The van der Waals surface area contributed by atoms with Gasteiger partial charge in [0, 0.05) is 24.0 Å². The molecule has 6 heteroatoms. The third-order valence-electron chi connectivity index (χ3n) is 5.28. The van der Waals surface area contributed by atoms with E-state index in [0.717, 1.165) is 5.56 Å². The van der Waals surface area contributed by atoms with E-state index in [1.54, 1.807) is 26.2 Å². The fourth-order valence-corrected chi connectivity index (χ4v) is 3.66. The fourth-order valence-electron chi connectivity index (χ4n) is 3.66. The molecule has 6 nitrogen and oxygen atoms in total. The molecule has 2 aromatic carbocycles. The zero-order chi connectivity index (χ0) is 23.8. The van der Waals surface area contributed by atoms with E-state index in [1.807, 2.05) is 73.3 Å². The molecule has 0 saturated carbocycles. The summed E-state index contributed by atoms with van der Waals surface area (Å²) in [4.78, 5) is 27.9. The third kappa shape index (κ3) is 5.83. The van der Waals surface area contributed by atoms with Gasteiger partial charge < -0.3 is 19.1 Å². The molecular formula is C27H31NO5. The predicted octanol–water partition coefficient (Wildman–Crippen LogP) is 4.97. The summed E-state index contributed by atoms with van der Waals surface area (Å²) in [5.74, 6) is -1.03. The molecule has 0 atom stereocenters. The predicted molar refractivity (Wildman–Crippen MR) is 126 cm³/mol. The first-order chi connectivity index (χ1) is 16.0. The van der Waals surface area contributed by atoms with Gasteiger partial charge in [-0.1, -0.05) is 48.5 Å². The second kappa shape index (κ2) is 11.4. The summed E-state index contributed by atoms with van der Waals surface area (Å²) >= 11 is 0. The van der Waals surface area contributed by atoms with Crippen molar-refractivity contribution >= 4 is 11.9 Å². The summed E-state index contributed by atoms with van der Waals surface area (Å²) in [6, 6.07) is 17.3. The molecule has 0 bridgehead atoms. The first-order valence-electron chi connectivity index (χ1n) is 11.3. The van der Waals surface area contributed by atoms with Crippen LogP contribution in [0.15, 0.2) is 78.1 Å². The number of ether oxygens (including phenoxy) is 3. The van der Waals surface area contributed by atoms with Gasteiger partial charge in [-0.25, -0.2) is 9.59 Å². The molecular weight excluding hydrogens is 418 g/mol. The Hall–Kier alpha value is -3.54. The molecule has 3 rings (SSSR count). The fraction of sp³-hybridized carbons (Fsp3) is 0.333. The van der Waals surface area contributed by atoms with E-state index in [4.69, 9.17) is 14.2 Å². The maximum Gasteiger partial charge on any atom is 0.336 e. The number of carbonyl (C=O) groups excluding carboxylic acids is 2. The van der Waals surface area contributed by atoms with Gasteiger partial charge in [-0.05, 0) is 39.3 Å². The second-order valence-electron chi connectivity index (χ2n) is 7.90. The highest BCUT2D eigenvalue weighted by Gasteiger charge is 2.37. The lowest BCUT2D eigenvalue weighted by atomic mass is 9.82. The van der Waals surface area contributed by atoms with Crippen molar-refractivity contribution in [3.63, 3.8) is 0 Å². The van der Waals surface area contributed by atoms with Crippen molar-refractivity contribution < 1.29 is 23.8 Å². The topological polar surface area (TPSA) is 65.1 Å². The number of esters is 2. The highest BCUT2D eigenvalue weighted by atomic mass is 16.5. The average molecular weight is 450 g/mol. The van der Waals surface area contributed by atoms with Crippen LogP contribution in [0.4, 0.5) is 0 Å². The number of hydrogen-bond donors (Lipinski definition) is 0. The van der Waals surface area contributed by atoms with Crippen LogP contribution in [-0.4, -0.2) is 36.1 Å². The highest BCUT2D eigenvalue weighted by molar-refractivity contribution is 5.99. The Bertz CT molecular complexity index is 990. The summed E-state index contributed by atoms with van der Waals surface area (Å²) in [6.45, 7) is 8.31. The molecule has 0 saturated heterocycles. The van der Waals surface area contributed by atoms with E-state index in [1.165, 1.54) is 0 Å². The van der Waals surface area contributed by atoms with Gasteiger partial charge in [-0.3, -0.25) is 0 Å². The van der Waals surface area contributed by atoms with Gasteiger partial charge in [0.05, 0.1) is 30.3 Å². The molecule has 174 valence electrons. The summed E-state index contributed by atoms with van der Waals surface area (Å²) in [7, 11) is 0. The lowest BCUT2D eigenvalue weighted by Crippen LogP contribution is -2.32. The van der Waals surface area contributed by atoms with Crippen molar-refractivity contribution in [2.24, 2.45) is 0 Å². The van der Waals surface area contributed by atoms with Gasteiger partial charge in [0.15, 0.2) is 0 Å². The van der Waals surface area contributed by atoms with Crippen molar-refractivity contribution in [3.8, 4) is 5.75 Å². The molecule has 1 aliphatic rings. The minimum atomic E-state index is -0.676. The van der Waals surface area contributed by atoms with Crippen molar-refractivity contribution in [2.45, 2.75) is 46.3 Å². The van der Waals surface area contributed by atoms with Crippen LogP contribution >= 0.6 is 0 Å². The molecule has 1 aliphatic heterocycles. The van der Waals surface area contributed by atoms with E-state index in [0.29, 0.717) is 29.1 Å². The molecule has 0 N–H and O–H groups in total.